The van der Waals surface area contributed by atoms with Crippen molar-refractivity contribution in [2.75, 3.05) is 11.4 Å². The summed E-state index contributed by atoms with van der Waals surface area (Å²) in [6.07, 6.45) is 2.99. The predicted molar refractivity (Wildman–Crippen MR) is 70.5 cm³/mol. The zero-order valence-corrected chi connectivity index (χ0v) is 10.5. The van der Waals surface area contributed by atoms with E-state index in [1.165, 1.54) is 0 Å². The zero-order chi connectivity index (χ0) is 12.4. The lowest BCUT2D eigenvalue weighted by atomic mass is 10.2. The van der Waals surface area contributed by atoms with Gasteiger partial charge in [0, 0.05) is 12.7 Å². The van der Waals surface area contributed by atoms with Crippen LogP contribution in [0.25, 0.3) is 0 Å². The number of nitrogen functional groups attached to an aromatic ring is 1. The number of amidine groups is 1. The van der Waals surface area contributed by atoms with Crippen molar-refractivity contribution in [1.29, 1.82) is 5.41 Å². The average Bonchev–Trinajstić information content (AvgIpc) is 2.77. The number of nitrogens with two attached hydrogens (primary N) is 1. The summed E-state index contributed by atoms with van der Waals surface area (Å²) in [7, 11) is 0. The van der Waals surface area contributed by atoms with Gasteiger partial charge in [-0.05, 0) is 25.0 Å². The van der Waals surface area contributed by atoms with Gasteiger partial charge in [-0.25, -0.2) is 9.78 Å². The van der Waals surface area contributed by atoms with E-state index in [0.717, 1.165) is 6.42 Å². The number of carbonyl (C=O) groups is 1. The fraction of sp³-hybridized carbons (Fsp3) is 0.364. The monoisotopic (exact) mass is 270 g/mol. The molecule has 1 saturated heterocycles. The molecule has 1 aliphatic heterocycles. The van der Waals surface area contributed by atoms with E-state index in [2.05, 4.69) is 4.98 Å². The molecule has 6 nitrogen and oxygen atoms in total. The molecular formula is C11H15ClN4O2. The molecule has 1 atom stereocenters. The molecule has 0 radical (unpaired) electrons. The number of halogens is 1. The Balaban J connectivity index is 0.00000162. The molecule has 2 rings (SSSR count). The van der Waals surface area contributed by atoms with Crippen LogP contribution in [-0.2, 0) is 4.79 Å². The molecule has 1 aromatic rings. The summed E-state index contributed by atoms with van der Waals surface area (Å²) in [5.74, 6) is -0.461. The van der Waals surface area contributed by atoms with Gasteiger partial charge in [0.2, 0.25) is 0 Å². The SMILES string of the molecule is Cl.N=C(N)c1cccnc1N1CCCC1C(=O)O. The van der Waals surface area contributed by atoms with Crippen LogP contribution in [0.1, 0.15) is 18.4 Å². The summed E-state index contributed by atoms with van der Waals surface area (Å²) in [6, 6.07) is 2.80. The van der Waals surface area contributed by atoms with Gasteiger partial charge in [0.25, 0.3) is 0 Å². The molecule has 0 amide bonds. The minimum absolute atomic E-state index is 0. The summed E-state index contributed by atoms with van der Waals surface area (Å²) in [5.41, 5.74) is 5.96. The van der Waals surface area contributed by atoms with E-state index in [1.807, 2.05) is 0 Å². The predicted octanol–water partition coefficient (Wildman–Crippen LogP) is 0.841. The molecule has 0 bridgehead atoms. The molecule has 1 aliphatic rings. The first-order valence-corrected chi connectivity index (χ1v) is 5.40. The highest BCUT2D eigenvalue weighted by Crippen LogP contribution is 2.26. The Morgan fingerprint density at radius 2 is 2.33 bits per heavy atom. The lowest BCUT2D eigenvalue weighted by Gasteiger charge is -2.24. The smallest absolute Gasteiger partial charge is 0.326 e. The van der Waals surface area contributed by atoms with Crippen molar-refractivity contribution in [3.05, 3.63) is 23.9 Å². The first kappa shape index (κ1) is 14.2. The van der Waals surface area contributed by atoms with Crippen LogP contribution in [0.15, 0.2) is 18.3 Å². The van der Waals surface area contributed by atoms with Gasteiger partial charge in [0.1, 0.15) is 17.7 Å². The fourth-order valence-corrected chi connectivity index (χ4v) is 2.11. The van der Waals surface area contributed by atoms with Crippen LogP contribution in [0.5, 0.6) is 0 Å². The van der Waals surface area contributed by atoms with Gasteiger partial charge in [-0.2, -0.15) is 0 Å². The summed E-state index contributed by atoms with van der Waals surface area (Å²) < 4.78 is 0. The van der Waals surface area contributed by atoms with Gasteiger partial charge < -0.3 is 15.7 Å². The Kier molecular flexibility index (Phi) is 4.49. The molecule has 0 aromatic carbocycles. The number of carboxylic acid groups (broad SMARTS) is 1. The number of aromatic nitrogens is 1. The molecule has 2 heterocycles. The number of anilines is 1. The van der Waals surface area contributed by atoms with E-state index in [1.54, 1.807) is 23.2 Å². The van der Waals surface area contributed by atoms with E-state index in [0.29, 0.717) is 24.3 Å². The van der Waals surface area contributed by atoms with Crippen LogP contribution in [0.2, 0.25) is 0 Å². The fourth-order valence-electron chi connectivity index (χ4n) is 2.11. The molecule has 98 valence electrons. The molecule has 4 N–H and O–H groups in total. The van der Waals surface area contributed by atoms with Crippen molar-refractivity contribution < 1.29 is 9.90 Å². The highest BCUT2D eigenvalue weighted by Gasteiger charge is 2.32. The summed E-state index contributed by atoms with van der Waals surface area (Å²) in [6.45, 7) is 0.633. The largest absolute Gasteiger partial charge is 0.480 e. The molecule has 1 unspecified atom stereocenters. The third kappa shape index (κ3) is 2.53. The Morgan fingerprint density at radius 1 is 1.61 bits per heavy atom. The minimum Gasteiger partial charge on any atom is -0.480 e. The van der Waals surface area contributed by atoms with Crippen molar-refractivity contribution in [2.45, 2.75) is 18.9 Å². The van der Waals surface area contributed by atoms with Crippen LogP contribution in [0, 0.1) is 5.41 Å². The normalized spacial score (nSPS) is 18.2. The summed E-state index contributed by atoms with van der Waals surface area (Å²) >= 11 is 0. The van der Waals surface area contributed by atoms with Crippen LogP contribution in [0.4, 0.5) is 5.82 Å². The standard InChI is InChI=1S/C11H14N4O2.ClH/c12-9(13)7-3-1-5-14-10(7)15-6-2-4-8(15)11(16)17;/h1,3,5,8H,2,4,6H2,(H3,12,13)(H,16,17);1H. The summed E-state index contributed by atoms with van der Waals surface area (Å²) in [5, 5.41) is 16.6. The molecule has 18 heavy (non-hydrogen) atoms. The summed E-state index contributed by atoms with van der Waals surface area (Å²) in [4.78, 5) is 17.0. The number of hydrogen-bond acceptors (Lipinski definition) is 4. The third-order valence-electron chi connectivity index (χ3n) is 2.89. The van der Waals surface area contributed by atoms with Crippen molar-refractivity contribution in [3.63, 3.8) is 0 Å². The molecule has 1 aromatic heterocycles. The first-order chi connectivity index (χ1) is 8.11. The molecule has 0 saturated carbocycles. The highest BCUT2D eigenvalue weighted by molar-refractivity contribution is 6.00. The van der Waals surface area contributed by atoms with Crippen LogP contribution >= 0.6 is 12.4 Å². The van der Waals surface area contributed by atoms with E-state index in [9.17, 15) is 4.79 Å². The van der Waals surface area contributed by atoms with Crippen molar-refractivity contribution in [1.82, 2.24) is 4.98 Å². The Hall–Kier alpha value is -1.82. The maximum Gasteiger partial charge on any atom is 0.326 e. The second kappa shape index (κ2) is 5.68. The van der Waals surface area contributed by atoms with Gasteiger partial charge >= 0.3 is 5.97 Å². The maximum absolute atomic E-state index is 11.1. The lowest BCUT2D eigenvalue weighted by molar-refractivity contribution is -0.138. The minimum atomic E-state index is -0.859. The van der Waals surface area contributed by atoms with Crippen LogP contribution in [0.3, 0.4) is 0 Å². The van der Waals surface area contributed by atoms with Gasteiger partial charge in [0.05, 0.1) is 5.56 Å². The van der Waals surface area contributed by atoms with Crippen molar-refractivity contribution >= 4 is 30.0 Å². The third-order valence-corrected chi connectivity index (χ3v) is 2.89. The van der Waals surface area contributed by atoms with E-state index >= 15 is 0 Å². The lowest BCUT2D eigenvalue weighted by Crippen LogP contribution is -2.37. The van der Waals surface area contributed by atoms with Gasteiger partial charge in [-0.1, -0.05) is 0 Å². The van der Waals surface area contributed by atoms with Crippen LogP contribution in [-0.4, -0.2) is 34.5 Å². The molecule has 0 spiro atoms. The average molecular weight is 271 g/mol. The Bertz CT molecular complexity index is 466. The second-order valence-electron chi connectivity index (χ2n) is 3.98. The van der Waals surface area contributed by atoms with Gasteiger partial charge in [0.15, 0.2) is 0 Å². The van der Waals surface area contributed by atoms with Crippen LogP contribution < -0.4 is 10.6 Å². The maximum atomic E-state index is 11.1. The molecule has 7 heteroatoms. The number of nitrogens with zero attached hydrogens (tertiary/aromatic N) is 2. The topological polar surface area (TPSA) is 103 Å². The quantitative estimate of drug-likeness (QED) is 0.558. The first-order valence-electron chi connectivity index (χ1n) is 5.40. The molecule has 0 aliphatic carbocycles. The van der Waals surface area contributed by atoms with E-state index in [-0.39, 0.29) is 18.2 Å². The van der Waals surface area contributed by atoms with E-state index < -0.39 is 12.0 Å². The second-order valence-corrected chi connectivity index (χ2v) is 3.98. The van der Waals surface area contributed by atoms with E-state index in [4.69, 9.17) is 16.2 Å². The number of rotatable bonds is 3. The van der Waals surface area contributed by atoms with Crippen molar-refractivity contribution in [3.8, 4) is 0 Å². The van der Waals surface area contributed by atoms with Gasteiger partial charge in [-0.3, -0.25) is 5.41 Å². The number of nitrogens with one attached hydrogen (secondary N) is 1. The number of pyridine rings is 1. The number of carboxylic acids is 1. The van der Waals surface area contributed by atoms with Crippen molar-refractivity contribution in [2.24, 2.45) is 5.73 Å². The molecule has 1 fully saturated rings. The Labute approximate surface area is 111 Å². The number of hydrogen-bond donors (Lipinski definition) is 3. The molecular weight excluding hydrogens is 256 g/mol. The highest BCUT2D eigenvalue weighted by atomic mass is 35.5. The zero-order valence-electron chi connectivity index (χ0n) is 9.67. The van der Waals surface area contributed by atoms with Gasteiger partial charge in [-0.15, -0.1) is 12.4 Å². The Morgan fingerprint density at radius 3 is 2.94 bits per heavy atom. The number of aliphatic carboxylic acids is 1.